The van der Waals surface area contributed by atoms with Crippen molar-refractivity contribution in [2.75, 3.05) is 6.61 Å². The molecule has 0 unspecified atom stereocenters. The van der Waals surface area contributed by atoms with Crippen molar-refractivity contribution >= 4 is 0 Å². The number of hydrogen-bond acceptors (Lipinski definition) is 3. The van der Waals surface area contributed by atoms with Gasteiger partial charge >= 0.3 is 14.8 Å². The molecule has 0 atom stereocenters. The van der Waals surface area contributed by atoms with E-state index < -0.39 is 14.8 Å². The molecule has 4 heteroatoms. The summed E-state index contributed by atoms with van der Waals surface area (Å²) in [5.74, 6) is 0. The molecule has 0 aromatic heterocycles. The smallest absolute Gasteiger partial charge is 0.372 e. The summed E-state index contributed by atoms with van der Waals surface area (Å²) in [5.41, 5.74) is 0. The second-order valence-corrected chi connectivity index (χ2v) is 2.61. The molecule has 50 valence electrons. The Morgan fingerprint density at radius 1 is 1.50 bits per heavy atom. The molecule has 0 rings (SSSR count). The SMILES string of the molecule is CCCCO[Br+2]([O-])[O-]. The fraction of sp³-hybridized carbons (Fsp3) is 1.00. The zero-order valence-corrected chi connectivity index (χ0v) is 6.31. The summed E-state index contributed by atoms with van der Waals surface area (Å²) >= 11 is -2.93. The average Bonchev–Trinajstić information content (AvgIpc) is 1.66. The van der Waals surface area contributed by atoms with Crippen molar-refractivity contribution in [2.24, 2.45) is 0 Å². The highest BCUT2D eigenvalue weighted by Crippen LogP contribution is 1.87. The Balaban J connectivity index is 2.72. The normalized spacial score (nSPS) is 10.5. The van der Waals surface area contributed by atoms with E-state index in [2.05, 4.69) is 3.83 Å². The first kappa shape index (κ1) is 8.36. The van der Waals surface area contributed by atoms with Gasteiger partial charge in [-0.1, -0.05) is 13.3 Å². The topological polar surface area (TPSA) is 55.3 Å². The monoisotopic (exact) mass is 184 g/mol. The predicted molar refractivity (Wildman–Crippen MR) is 20.9 cm³/mol. The summed E-state index contributed by atoms with van der Waals surface area (Å²) in [5, 5.41) is 0. The number of unbranched alkanes of at least 4 members (excludes halogenated alkanes) is 1. The van der Waals surface area contributed by atoms with Crippen LogP contribution in [0.1, 0.15) is 19.8 Å². The van der Waals surface area contributed by atoms with E-state index in [9.17, 15) is 8.40 Å². The Hall–Kier alpha value is 0.360. The maximum atomic E-state index is 9.73. The molecule has 0 aliphatic rings. The maximum absolute atomic E-state index is 9.73. The Kier molecular flexibility index (Phi) is 5.74. The highest BCUT2D eigenvalue weighted by molar-refractivity contribution is 4.24. The summed E-state index contributed by atoms with van der Waals surface area (Å²) in [6.07, 6.45) is 1.79. The standard InChI is InChI=1S/C4H9BrO3/c1-2-3-4-8-5(6)7/h2-4H2,1H3. The van der Waals surface area contributed by atoms with Crippen LogP contribution in [0.25, 0.3) is 0 Å². The highest BCUT2D eigenvalue weighted by atomic mass is 80.0. The van der Waals surface area contributed by atoms with Crippen LogP contribution < -0.4 is 8.40 Å². The van der Waals surface area contributed by atoms with Crippen molar-refractivity contribution in [2.45, 2.75) is 19.8 Å². The molecule has 0 aliphatic heterocycles. The van der Waals surface area contributed by atoms with Crippen molar-refractivity contribution in [1.29, 1.82) is 0 Å². The van der Waals surface area contributed by atoms with Crippen LogP contribution in [0.3, 0.4) is 0 Å². The van der Waals surface area contributed by atoms with Gasteiger partial charge in [-0.15, -0.1) is 0 Å². The Morgan fingerprint density at radius 2 is 2.12 bits per heavy atom. The van der Waals surface area contributed by atoms with Gasteiger partial charge in [0.05, 0.1) is 0 Å². The number of rotatable bonds is 4. The minimum atomic E-state index is -2.93. The molecule has 0 fully saturated rings. The van der Waals surface area contributed by atoms with Crippen LogP contribution in [0.15, 0.2) is 0 Å². The first-order valence-corrected chi connectivity index (χ1v) is 4.40. The third-order valence-corrected chi connectivity index (χ3v) is 1.36. The lowest BCUT2D eigenvalue weighted by molar-refractivity contribution is -1.63. The van der Waals surface area contributed by atoms with E-state index in [4.69, 9.17) is 0 Å². The van der Waals surface area contributed by atoms with Gasteiger partial charge in [0.25, 0.3) is 0 Å². The molecule has 0 aliphatic carbocycles. The van der Waals surface area contributed by atoms with E-state index in [0.29, 0.717) is 6.61 Å². The summed E-state index contributed by atoms with van der Waals surface area (Å²) in [7, 11) is 0. The summed E-state index contributed by atoms with van der Waals surface area (Å²) in [6.45, 7) is 2.32. The predicted octanol–water partition coefficient (Wildman–Crippen LogP) is -1.11. The van der Waals surface area contributed by atoms with E-state index >= 15 is 0 Å². The van der Waals surface area contributed by atoms with Crippen LogP contribution in [0.5, 0.6) is 0 Å². The van der Waals surface area contributed by atoms with E-state index in [1.807, 2.05) is 6.92 Å². The number of halogens is 1. The molecule has 0 amide bonds. The first-order valence-electron chi connectivity index (χ1n) is 2.46. The quantitative estimate of drug-likeness (QED) is 0.522. The van der Waals surface area contributed by atoms with Crippen LogP contribution in [0.4, 0.5) is 0 Å². The zero-order valence-electron chi connectivity index (χ0n) is 4.72. The van der Waals surface area contributed by atoms with Gasteiger partial charge < -0.3 is 8.40 Å². The molecule has 0 saturated heterocycles. The number of hydrogen-bond donors (Lipinski definition) is 0. The maximum Gasteiger partial charge on any atom is 0.436 e. The van der Waals surface area contributed by atoms with Crippen LogP contribution in [0, 0.1) is 14.8 Å². The van der Waals surface area contributed by atoms with Gasteiger partial charge in [-0.25, -0.2) is 0 Å². The second-order valence-electron chi connectivity index (χ2n) is 1.36. The van der Waals surface area contributed by atoms with Crippen molar-refractivity contribution in [3.8, 4) is 0 Å². The van der Waals surface area contributed by atoms with Crippen LogP contribution >= 0.6 is 0 Å². The molecule has 8 heavy (non-hydrogen) atoms. The van der Waals surface area contributed by atoms with Gasteiger partial charge in [0.1, 0.15) is 6.61 Å². The Bertz CT molecular complexity index is 48.5. The highest BCUT2D eigenvalue weighted by Gasteiger charge is 2.06. The molecule has 0 radical (unpaired) electrons. The average molecular weight is 185 g/mol. The van der Waals surface area contributed by atoms with Gasteiger partial charge in [0.2, 0.25) is 0 Å². The summed E-state index contributed by atoms with van der Waals surface area (Å²) in [4.78, 5) is 0. The van der Waals surface area contributed by atoms with E-state index in [1.165, 1.54) is 0 Å². The van der Waals surface area contributed by atoms with Gasteiger partial charge in [-0.3, -0.25) is 0 Å². The lowest BCUT2D eigenvalue weighted by Gasteiger charge is -1.89. The fourth-order valence-corrected chi connectivity index (χ4v) is 0.755. The third kappa shape index (κ3) is 6.36. The van der Waals surface area contributed by atoms with Crippen molar-refractivity contribution in [3.05, 3.63) is 0 Å². The first-order chi connectivity index (χ1) is 3.77. The lowest BCUT2D eigenvalue weighted by Crippen LogP contribution is -2.34. The molecular weight excluding hydrogens is 176 g/mol. The molecule has 0 N–H and O–H groups in total. The lowest BCUT2D eigenvalue weighted by atomic mass is 10.4. The minimum absolute atomic E-state index is 0.346. The molecule has 3 nitrogen and oxygen atoms in total. The molecule has 0 aromatic rings. The molecule has 0 heterocycles. The molecule has 0 aromatic carbocycles. The molecular formula is C4H9BrO3. The second kappa shape index (κ2) is 5.50. The Morgan fingerprint density at radius 3 is 2.50 bits per heavy atom. The van der Waals surface area contributed by atoms with Gasteiger partial charge in [-0.2, -0.15) is 0 Å². The van der Waals surface area contributed by atoms with E-state index in [1.54, 1.807) is 0 Å². The van der Waals surface area contributed by atoms with Crippen molar-refractivity contribution < 1.29 is 27.0 Å². The molecule has 0 bridgehead atoms. The Labute approximate surface area is 54.1 Å². The van der Waals surface area contributed by atoms with E-state index in [-0.39, 0.29) is 0 Å². The third-order valence-electron chi connectivity index (χ3n) is 0.664. The van der Waals surface area contributed by atoms with Crippen LogP contribution in [-0.4, -0.2) is 6.61 Å². The van der Waals surface area contributed by atoms with E-state index in [0.717, 1.165) is 12.8 Å². The minimum Gasteiger partial charge on any atom is -0.372 e. The zero-order chi connectivity index (χ0) is 6.41. The summed E-state index contributed by atoms with van der Waals surface area (Å²) in [6, 6.07) is 0. The molecule has 0 spiro atoms. The van der Waals surface area contributed by atoms with Crippen molar-refractivity contribution in [3.63, 3.8) is 0 Å². The van der Waals surface area contributed by atoms with Gasteiger partial charge in [-0.05, 0) is 10.2 Å². The largest absolute Gasteiger partial charge is 0.436 e. The van der Waals surface area contributed by atoms with Crippen LogP contribution in [-0.2, 0) is 3.83 Å². The van der Waals surface area contributed by atoms with Crippen molar-refractivity contribution in [1.82, 2.24) is 0 Å². The fourth-order valence-electron chi connectivity index (χ4n) is 0.262. The van der Waals surface area contributed by atoms with Gasteiger partial charge in [0.15, 0.2) is 0 Å². The summed E-state index contributed by atoms with van der Waals surface area (Å²) < 4.78 is 23.7. The molecule has 0 saturated carbocycles. The van der Waals surface area contributed by atoms with Gasteiger partial charge in [0, 0.05) is 0 Å². The van der Waals surface area contributed by atoms with Crippen LogP contribution in [0.2, 0.25) is 0 Å².